The van der Waals surface area contributed by atoms with E-state index in [1.165, 1.54) is 31.4 Å². The monoisotopic (exact) mass is 493 g/mol. The number of hydrogen-bond donors (Lipinski definition) is 0. The summed E-state index contributed by atoms with van der Waals surface area (Å²) in [5, 5.41) is -0.130. The lowest BCUT2D eigenvalue weighted by Gasteiger charge is -2.08. The minimum absolute atomic E-state index is 0.0772. The molecule has 1 aromatic carbocycles. The molecule has 4 heteroatoms. The number of unbranched alkanes of at least 4 members (excludes halogenated alkanes) is 8. The van der Waals surface area contributed by atoms with E-state index in [0.717, 1.165) is 61.8 Å². The van der Waals surface area contributed by atoms with Crippen LogP contribution in [0.1, 0.15) is 112 Å². The van der Waals surface area contributed by atoms with Crippen LogP contribution in [0.4, 0.5) is 0 Å². The predicted octanol–water partition coefficient (Wildman–Crippen LogP) is 8.21. The van der Waals surface area contributed by atoms with Crippen LogP contribution in [-0.2, 0) is 6.37 Å². The normalized spacial score (nSPS) is 19.4. The number of hydrogen-bond acceptors (Lipinski definition) is 3. The van der Waals surface area contributed by atoms with Crippen molar-refractivity contribution in [2.24, 2.45) is 0 Å². The molecule has 0 radical (unpaired) electrons. The summed E-state index contributed by atoms with van der Waals surface area (Å²) < 4.78 is 109. The first-order valence-corrected chi connectivity index (χ1v) is 12.6. The van der Waals surface area contributed by atoms with Crippen molar-refractivity contribution in [2.75, 3.05) is 27.5 Å². The van der Waals surface area contributed by atoms with Crippen molar-refractivity contribution in [3.63, 3.8) is 0 Å². The van der Waals surface area contributed by atoms with Crippen LogP contribution in [0.25, 0.3) is 10.9 Å². The number of ether oxygens (including phenoxy) is 1. The molecule has 0 spiro atoms. The number of carbonyl (C=O) groups excluding carboxylic acids is 1. The summed E-state index contributed by atoms with van der Waals surface area (Å²) in [7, 11) is -2.87. The minimum atomic E-state index is -3.65. The number of likely N-dealkylation sites (N-methyl/N-ethyl adjacent to an activating group) is 1. The SMILES string of the molecule is [2H]C([2H])([2H])Oc1ccc2c(c1)c(C([2H])([2H])C([2H])([2H])N(C([2H])([2H])[2H])C([2H])([2H])[2H])cn2C(=O)CCCCCCC/C=C\C/C=C\CCCCC. The maximum atomic E-state index is 13.4. The van der Waals surface area contributed by atoms with Gasteiger partial charge in [0.05, 0.1) is 16.7 Å². The van der Waals surface area contributed by atoms with E-state index < -0.39 is 50.2 Å². The summed E-state index contributed by atoms with van der Waals surface area (Å²) >= 11 is 0. The summed E-state index contributed by atoms with van der Waals surface area (Å²) in [6, 6.07) is 3.70. The Balaban J connectivity index is 2.18. The molecule has 4 nitrogen and oxygen atoms in total. The van der Waals surface area contributed by atoms with Crippen molar-refractivity contribution in [3.05, 3.63) is 54.3 Å². The molecule has 0 amide bonds. The van der Waals surface area contributed by atoms with Crippen LogP contribution in [0, 0.1) is 0 Å². The number of aryl methyl sites for hydroxylation is 1. The molecule has 1 aromatic heterocycles. The molecule has 2 rings (SSSR count). The molecule has 0 aliphatic rings. The number of carbonyl (C=O) groups is 1. The summed E-state index contributed by atoms with van der Waals surface area (Å²) in [5.74, 6) is -0.677. The number of nitrogens with zero attached hydrogens (tertiary/aromatic N) is 2. The first kappa shape index (κ1) is 15.0. The number of allylic oxidation sites excluding steroid dienone is 4. The van der Waals surface area contributed by atoms with Gasteiger partial charge in [-0.25, -0.2) is 0 Å². The zero-order chi connectivity index (χ0) is 36.4. The summed E-state index contributed by atoms with van der Waals surface area (Å²) in [5.41, 5.74) is -0.435. The number of benzene rings is 1. The smallest absolute Gasteiger partial charge is 0.231 e. The molecule has 0 saturated heterocycles. The van der Waals surface area contributed by atoms with Crippen LogP contribution in [0.15, 0.2) is 48.7 Å². The van der Waals surface area contributed by atoms with Gasteiger partial charge in [0.1, 0.15) is 5.75 Å². The van der Waals surface area contributed by atoms with E-state index in [0.29, 0.717) is 6.42 Å². The molecule has 1 heterocycles. The largest absolute Gasteiger partial charge is 0.497 e. The molecule has 0 unspecified atom stereocenters. The number of methoxy groups -OCH3 is 1. The fourth-order valence-corrected chi connectivity index (χ4v) is 3.90. The van der Waals surface area contributed by atoms with E-state index in [9.17, 15) is 4.79 Å². The van der Waals surface area contributed by atoms with Crippen LogP contribution >= 0.6 is 0 Å². The van der Waals surface area contributed by atoms with E-state index in [2.05, 4.69) is 31.2 Å². The summed E-state index contributed by atoms with van der Waals surface area (Å²) in [4.78, 5) is 12.9. The Bertz CT molecular complexity index is 1360. The van der Waals surface area contributed by atoms with Gasteiger partial charge in [0.25, 0.3) is 0 Å². The van der Waals surface area contributed by atoms with Crippen molar-refractivity contribution in [3.8, 4) is 5.75 Å². The standard InChI is InChI=1S/C31H48N2O2/c1-5-6-7-8-9-10-11-12-13-14-15-16-17-18-19-20-31(34)33-26-27(23-24-32(2)3)29-25-28(35-4)21-22-30(29)33/h9-10,12-13,21-22,25-26H,5-8,11,14-20,23-24H2,1-4H3/b10-9-,13-12-/i2D3,3D3,4D3,23D2,24D2. The van der Waals surface area contributed by atoms with Gasteiger partial charge in [-0.2, -0.15) is 0 Å². The molecule has 0 atom stereocenters. The Kier molecular flexibility index (Phi) is 7.37. The molecular formula is C31H48N2O2. The summed E-state index contributed by atoms with van der Waals surface area (Å²) in [6.07, 6.45) is 17.5. The molecule has 0 bridgehead atoms. The molecule has 0 N–H and O–H groups in total. The second-order valence-electron chi connectivity index (χ2n) is 8.64. The van der Waals surface area contributed by atoms with Gasteiger partial charge >= 0.3 is 0 Å². The van der Waals surface area contributed by atoms with Crippen molar-refractivity contribution >= 4 is 16.8 Å². The van der Waals surface area contributed by atoms with Gasteiger partial charge in [-0.1, -0.05) is 63.3 Å². The highest BCUT2D eigenvalue weighted by Crippen LogP contribution is 2.27. The van der Waals surface area contributed by atoms with Gasteiger partial charge in [-0.05, 0) is 82.6 Å². The maximum Gasteiger partial charge on any atom is 0.231 e. The lowest BCUT2D eigenvalue weighted by atomic mass is 10.1. The highest BCUT2D eigenvalue weighted by atomic mass is 16.5. The Hall–Kier alpha value is -2.33. The third-order valence-corrected chi connectivity index (χ3v) is 5.81. The Morgan fingerprint density at radius 1 is 1.03 bits per heavy atom. The van der Waals surface area contributed by atoms with Gasteiger partial charge in [0, 0.05) is 38.2 Å². The third-order valence-electron chi connectivity index (χ3n) is 5.81. The average Bonchev–Trinajstić information content (AvgIpc) is 3.32. The first-order chi connectivity index (χ1) is 22.1. The Morgan fingerprint density at radius 3 is 2.51 bits per heavy atom. The van der Waals surface area contributed by atoms with Crippen LogP contribution in [0.2, 0.25) is 0 Å². The summed E-state index contributed by atoms with van der Waals surface area (Å²) in [6.45, 7) is -8.58. The first-order valence-electron chi connectivity index (χ1n) is 19.1. The van der Waals surface area contributed by atoms with Crippen molar-refractivity contribution in [1.29, 1.82) is 0 Å². The van der Waals surface area contributed by atoms with Crippen LogP contribution in [-0.4, -0.2) is 42.9 Å². The number of aromatic nitrogens is 1. The van der Waals surface area contributed by atoms with Crippen molar-refractivity contribution in [1.82, 2.24) is 9.47 Å². The van der Waals surface area contributed by atoms with Crippen LogP contribution in [0.3, 0.4) is 0 Å². The van der Waals surface area contributed by atoms with E-state index in [-0.39, 0.29) is 23.1 Å². The lowest BCUT2D eigenvalue weighted by Crippen LogP contribution is -2.15. The second kappa shape index (κ2) is 17.2. The van der Waals surface area contributed by atoms with Gasteiger partial charge in [0.2, 0.25) is 5.91 Å². The highest BCUT2D eigenvalue weighted by molar-refractivity contribution is 5.95. The van der Waals surface area contributed by atoms with Gasteiger partial charge in [-0.15, -0.1) is 0 Å². The van der Waals surface area contributed by atoms with Crippen molar-refractivity contribution < 1.29 is 27.4 Å². The molecule has 35 heavy (non-hydrogen) atoms. The topological polar surface area (TPSA) is 34.5 Å². The number of fused-ring (bicyclic) bond motifs is 1. The molecule has 194 valence electrons. The van der Waals surface area contributed by atoms with Crippen LogP contribution < -0.4 is 4.74 Å². The molecule has 0 saturated carbocycles. The van der Waals surface area contributed by atoms with Gasteiger partial charge < -0.3 is 9.64 Å². The fraction of sp³-hybridized carbons (Fsp3) is 0.581. The fourth-order valence-electron chi connectivity index (χ4n) is 3.90. The third kappa shape index (κ3) is 10.9. The minimum Gasteiger partial charge on any atom is -0.497 e. The van der Waals surface area contributed by atoms with Crippen molar-refractivity contribution in [2.45, 2.75) is 90.3 Å². The lowest BCUT2D eigenvalue weighted by molar-refractivity contribution is 0.0904. The highest BCUT2D eigenvalue weighted by Gasteiger charge is 2.14. The maximum absolute atomic E-state index is 13.4. The molecule has 2 aromatic rings. The van der Waals surface area contributed by atoms with E-state index in [1.807, 2.05) is 0 Å². The van der Waals surface area contributed by atoms with Gasteiger partial charge in [-0.3, -0.25) is 9.36 Å². The Morgan fingerprint density at radius 2 is 1.77 bits per heavy atom. The zero-order valence-corrected chi connectivity index (χ0v) is 20.8. The zero-order valence-electron chi connectivity index (χ0n) is 33.8. The molecular weight excluding hydrogens is 432 g/mol. The van der Waals surface area contributed by atoms with E-state index >= 15 is 0 Å². The van der Waals surface area contributed by atoms with Gasteiger partial charge in [0.15, 0.2) is 0 Å². The second-order valence-corrected chi connectivity index (χ2v) is 8.64. The average molecular weight is 494 g/mol. The van der Waals surface area contributed by atoms with Crippen LogP contribution in [0.5, 0.6) is 5.75 Å². The molecule has 0 aliphatic heterocycles. The molecule has 0 fully saturated rings. The number of rotatable bonds is 18. The molecule has 0 aliphatic carbocycles. The Labute approximate surface area is 232 Å². The van der Waals surface area contributed by atoms with E-state index in [1.54, 1.807) is 0 Å². The quantitative estimate of drug-likeness (QED) is 0.155. The predicted molar refractivity (Wildman–Crippen MR) is 151 cm³/mol. The van der Waals surface area contributed by atoms with E-state index in [4.69, 9.17) is 22.6 Å².